The van der Waals surface area contributed by atoms with Crippen molar-refractivity contribution in [1.29, 1.82) is 0 Å². The molecule has 3 rings (SSSR count). The molecule has 0 radical (unpaired) electrons. The fourth-order valence-corrected chi connectivity index (χ4v) is 3.78. The van der Waals surface area contributed by atoms with Gasteiger partial charge in [-0.05, 0) is 37.0 Å². The van der Waals surface area contributed by atoms with Crippen molar-refractivity contribution in [1.82, 2.24) is 9.55 Å². The number of nitrogens with zero attached hydrogens (tertiary/aromatic N) is 4. The molecule has 0 bridgehead atoms. The summed E-state index contributed by atoms with van der Waals surface area (Å²) in [5.41, 5.74) is 14.6. The Morgan fingerprint density at radius 3 is 2.54 bits per heavy atom. The number of aliphatic hydroxyl groups excluding tert-OH is 1. The summed E-state index contributed by atoms with van der Waals surface area (Å²) in [6, 6.07) is 11.0. The van der Waals surface area contributed by atoms with Gasteiger partial charge in [0.2, 0.25) is 11.7 Å². The minimum Gasteiger partial charge on any atom is -0.378 e. The molecule has 1 unspecified atom stereocenters. The quantitative estimate of drug-likeness (QED) is 0.133. The third-order valence-corrected chi connectivity index (χ3v) is 5.62. The number of hydrogen-bond acceptors (Lipinski definition) is 8. The van der Waals surface area contributed by atoms with Crippen LogP contribution in [0.25, 0.3) is 11.1 Å². The lowest BCUT2D eigenvalue weighted by Crippen LogP contribution is -2.40. The standard InChI is InChI=1S/C24H31N7O4/c1-3-17-5-7-18(8-6-17)19-13-29(14-21(19)30(16(2)32)15-22(25)33)12-4-11-27-23-10-9-20(31(34)35)24(26)28-23/h5-10,13-14,16,32H,3-4,11-12,15H2,1-2H3,(H2,25,33)(H3,26,27,28). The molecule has 35 heavy (non-hydrogen) atoms. The number of nitrogens with one attached hydrogen (secondary N) is 1. The molecule has 1 atom stereocenters. The van der Waals surface area contributed by atoms with Crippen LogP contribution in [0.1, 0.15) is 25.8 Å². The van der Waals surface area contributed by atoms with Crippen LogP contribution in [0.4, 0.5) is 23.0 Å². The molecule has 0 saturated heterocycles. The molecule has 11 nitrogen and oxygen atoms in total. The van der Waals surface area contributed by atoms with Crippen molar-refractivity contribution in [3.63, 3.8) is 0 Å². The number of carbonyl (C=O) groups excluding carboxylic acids is 1. The second-order valence-electron chi connectivity index (χ2n) is 8.21. The summed E-state index contributed by atoms with van der Waals surface area (Å²) < 4.78 is 1.99. The van der Waals surface area contributed by atoms with E-state index in [1.54, 1.807) is 11.8 Å². The van der Waals surface area contributed by atoms with Gasteiger partial charge in [-0.15, -0.1) is 0 Å². The summed E-state index contributed by atoms with van der Waals surface area (Å²) in [5.74, 6) is -0.216. The van der Waals surface area contributed by atoms with Crippen molar-refractivity contribution in [2.24, 2.45) is 5.73 Å². The number of hydrogen-bond donors (Lipinski definition) is 4. The van der Waals surface area contributed by atoms with E-state index in [-0.39, 0.29) is 18.1 Å². The molecule has 0 aliphatic heterocycles. The Balaban J connectivity index is 1.76. The van der Waals surface area contributed by atoms with Crippen LogP contribution in [-0.4, -0.2) is 44.8 Å². The molecule has 0 aliphatic rings. The van der Waals surface area contributed by atoms with Crippen LogP contribution in [-0.2, 0) is 17.8 Å². The highest BCUT2D eigenvalue weighted by Gasteiger charge is 2.21. The van der Waals surface area contributed by atoms with E-state index in [2.05, 4.69) is 29.4 Å². The van der Waals surface area contributed by atoms with Crippen LogP contribution in [0, 0.1) is 10.1 Å². The lowest BCUT2D eigenvalue weighted by atomic mass is 10.0. The largest absolute Gasteiger partial charge is 0.378 e. The van der Waals surface area contributed by atoms with Gasteiger partial charge in [-0.1, -0.05) is 31.2 Å². The Labute approximate surface area is 203 Å². The zero-order valence-corrected chi connectivity index (χ0v) is 19.8. The van der Waals surface area contributed by atoms with Gasteiger partial charge in [-0.2, -0.15) is 0 Å². The maximum atomic E-state index is 11.7. The van der Waals surface area contributed by atoms with Crippen LogP contribution >= 0.6 is 0 Å². The smallest absolute Gasteiger partial charge is 0.311 e. The van der Waals surface area contributed by atoms with Crippen molar-refractivity contribution in [3.05, 3.63) is 64.5 Å². The van der Waals surface area contributed by atoms with Gasteiger partial charge < -0.3 is 31.4 Å². The number of pyridine rings is 1. The number of aromatic nitrogens is 2. The van der Waals surface area contributed by atoms with E-state index in [1.165, 1.54) is 17.7 Å². The van der Waals surface area contributed by atoms with Gasteiger partial charge in [0.25, 0.3) is 0 Å². The molecule has 6 N–H and O–H groups in total. The van der Waals surface area contributed by atoms with Crippen LogP contribution in [0.3, 0.4) is 0 Å². The van der Waals surface area contributed by atoms with Gasteiger partial charge in [0, 0.05) is 37.1 Å². The number of amides is 1. The topological polar surface area (TPSA) is 166 Å². The Bertz CT molecular complexity index is 1180. The molecule has 2 heterocycles. The normalized spacial score (nSPS) is 11.7. The molecule has 0 fully saturated rings. The van der Waals surface area contributed by atoms with Gasteiger partial charge in [0.05, 0.1) is 17.2 Å². The van der Waals surface area contributed by atoms with Crippen molar-refractivity contribution >= 4 is 28.9 Å². The highest BCUT2D eigenvalue weighted by Crippen LogP contribution is 2.33. The van der Waals surface area contributed by atoms with Crippen LogP contribution in [0.15, 0.2) is 48.8 Å². The van der Waals surface area contributed by atoms with Gasteiger partial charge in [0.1, 0.15) is 12.0 Å². The number of anilines is 3. The summed E-state index contributed by atoms with van der Waals surface area (Å²) in [7, 11) is 0. The summed E-state index contributed by atoms with van der Waals surface area (Å²) in [6.07, 6.45) is 4.60. The maximum Gasteiger partial charge on any atom is 0.311 e. The molecule has 0 aliphatic carbocycles. The number of rotatable bonds is 12. The second-order valence-corrected chi connectivity index (χ2v) is 8.21. The molecule has 1 amide bonds. The molecule has 0 saturated carbocycles. The Morgan fingerprint density at radius 1 is 1.26 bits per heavy atom. The molecule has 0 spiro atoms. The van der Waals surface area contributed by atoms with Crippen LogP contribution in [0.5, 0.6) is 0 Å². The molecule has 1 aromatic carbocycles. The predicted molar refractivity (Wildman–Crippen MR) is 136 cm³/mol. The number of nitrogen functional groups attached to an aromatic ring is 1. The third kappa shape index (κ3) is 6.48. The average Bonchev–Trinajstić information content (AvgIpc) is 3.23. The average molecular weight is 482 g/mol. The fourth-order valence-electron chi connectivity index (χ4n) is 3.78. The first-order chi connectivity index (χ1) is 16.7. The second kappa shape index (κ2) is 11.3. The van der Waals surface area contributed by atoms with E-state index >= 15 is 0 Å². The first-order valence-electron chi connectivity index (χ1n) is 11.4. The summed E-state index contributed by atoms with van der Waals surface area (Å²) >= 11 is 0. The monoisotopic (exact) mass is 481 g/mol. The van der Waals surface area contributed by atoms with E-state index in [1.807, 2.05) is 29.1 Å². The van der Waals surface area contributed by atoms with Gasteiger partial charge in [-0.3, -0.25) is 14.9 Å². The van der Waals surface area contributed by atoms with Crippen molar-refractivity contribution in [2.45, 2.75) is 39.5 Å². The number of benzene rings is 1. The highest BCUT2D eigenvalue weighted by atomic mass is 16.6. The van der Waals surface area contributed by atoms with E-state index < -0.39 is 17.1 Å². The molecule has 11 heteroatoms. The number of aryl methyl sites for hydroxylation is 2. The Kier molecular flexibility index (Phi) is 8.26. The SMILES string of the molecule is CCc1ccc(-c2cn(CCCNc3ccc([N+](=O)[O-])c(N)n3)cc2N(CC(N)=O)C(C)O)cc1. The zero-order chi connectivity index (χ0) is 25.5. The molecule has 3 aromatic rings. The Morgan fingerprint density at radius 2 is 1.97 bits per heavy atom. The van der Waals surface area contributed by atoms with Crippen molar-refractivity contribution in [3.8, 4) is 11.1 Å². The third-order valence-electron chi connectivity index (χ3n) is 5.62. The van der Waals surface area contributed by atoms with Gasteiger partial charge in [0.15, 0.2) is 0 Å². The fraction of sp³-hybridized carbons (Fsp3) is 0.333. The van der Waals surface area contributed by atoms with Crippen molar-refractivity contribution < 1.29 is 14.8 Å². The van der Waals surface area contributed by atoms with E-state index in [0.29, 0.717) is 31.0 Å². The first-order valence-corrected chi connectivity index (χ1v) is 11.4. The number of aliphatic hydroxyl groups is 1. The summed E-state index contributed by atoms with van der Waals surface area (Å²) in [4.78, 5) is 27.6. The van der Waals surface area contributed by atoms with E-state index in [0.717, 1.165) is 17.5 Å². The number of carbonyl (C=O) groups is 1. The lowest BCUT2D eigenvalue weighted by molar-refractivity contribution is -0.384. The summed E-state index contributed by atoms with van der Waals surface area (Å²) in [6.45, 7) is 4.76. The molecular weight excluding hydrogens is 450 g/mol. The minimum absolute atomic E-state index is 0.115. The van der Waals surface area contributed by atoms with E-state index in [4.69, 9.17) is 11.5 Å². The number of nitrogens with two attached hydrogens (primary N) is 2. The Hall–Kier alpha value is -4.12. The number of primary amides is 1. The predicted octanol–water partition coefficient (Wildman–Crippen LogP) is 2.74. The molecule has 186 valence electrons. The first kappa shape index (κ1) is 25.5. The van der Waals surface area contributed by atoms with Crippen LogP contribution in [0.2, 0.25) is 0 Å². The molecule has 2 aromatic heterocycles. The van der Waals surface area contributed by atoms with Gasteiger partial charge in [-0.25, -0.2) is 4.98 Å². The summed E-state index contributed by atoms with van der Waals surface area (Å²) in [5, 5.41) is 24.3. The maximum absolute atomic E-state index is 11.7. The minimum atomic E-state index is -0.910. The van der Waals surface area contributed by atoms with E-state index in [9.17, 15) is 20.0 Å². The van der Waals surface area contributed by atoms with Gasteiger partial charge >= 0.3 is 5.69 Å². The highest BCUT2D eigenvalue weighted by molar-refractivity contribution is 5.84. The van der Waals surface area contributed by atoms with Crippen LogP contribution < -0.4 is 21.7 Å². The van der Waals surface area contributed by atoms with Crippen molar-refractivity contribution in [2.75, 3.05) is 29.0 Å². The zero-order valence-electron chi connectivity index (χ0n) is 19.8. The molecular formula is C24H31N7O4. The lowest BCUT2D eigenvalue weighted by Gasteiger charge is -2.26. The number of nitro groups is 1.